The van der Waals surface area contributed by atoms with E-state index < -0.39 is 23.9 Å². The summed E-state index contributed by atoms with van der Waals surface area (Å²) < 4.78 is 39.7. The second kappa shape index (κ2) is 8.32. The molecule has 0 saturated carbocycles. The number of halogens is 1. The predicted molar refractivity (Wildman–Crippen MR) is 117 cm³/mol. The zero-order valence-corrected chi connectivity index (χ0v) is 19.5. The monoisotopic (exact) mass is 517 g/mol. The molecule has 1 aliphatic rings. The molecule has 30 heavy (non-hydrogen) atoms. The lowest BCUT2D eigenvalue weighted by Crippen LogP contribution is -2.36. The Morgan fingerprint density at radius 3 is 2.57 bits per heavy atom. The van der Waals surface area contributed by atoms with E-state index in [0.29, 0.717) is 34.3 Å². The summed E-state index contributed by atoms with van der Waals surface area (Å²) in [4.78, 5) is 32.5. The Morgan fingerprint density at radius 2 is 1.97 bits per heavy atom. The van der Waals surface area contributed by atoms with E-state index in [9.17, 15) is 27.6 Å². The van der Waals surface area contributed by atoms with Crippen LogP contribution in [0.1, 0.15) is 11.1 Å². The number of aryl methyl sites for hydroxylation is 1. The van der Waals surface area contributed by atoms with Crippen LogP contribution in [-0.4, -0.2) is 44.1 Å². The summed E-state index contributed by atoms with van der Waals surface area (Å²) in [6, 6.07) is 8.85. The summed E-state index contributed by atoms with van der Waals surface area (Å²) in [5.74, 6) is 0. The highest BCUT2D eigenvalue weighted by Crippen LogP contribution is 2.41. The van der Waals surface area contributed by atoms with Gasteiger partial charge in [0.05, 0.1) is 10.6 Å². The second-order valence-corrected chi connectivity index (χ2v) is 11.3. The summed E-state index contributed by atoms with van der Waals surface area (Å²) >= 11 is 3.26. The fourth-order valence-electron chi connectivity index (χ4n) is 3.33. The van der Waals surface area contributed by atoms with Crippen molar-refractivity contribution in [1.29, 1.82) is 0 Å². The van der Waals surface area contributed by atoms with Gasteiger partial charge in [0.1, 0.15) is 6.29 Å². The Morgan fingerprint density at radius 1 is 1.27 bits per heavy atom. The molecule has 0 unspecified atom stereocenters. The van der Waals surface area contributed by atoms with Gasteiger partial charge in [-0.1, -0.05) is 15.9 Å². The predicted octanol–water partition coefficient (Wildman–Crippen LogP) is 2.79. The molecular formula is C18H21BrN3O6PS. The Balaban J connectivity index is 2.10. The first kappa shape index (κ1) is 22.8. The van der Waals surface area contributed by atoms with Gasteiger partial charge in [0.15, 0.2) is 0 Å². The van der Waals surface area contributed by atoms with Gasteiger partial charge < -0.3 is 15.1 Å². The smallest absolute Gasteiger partial charge is 0.341 e. The minimum Gasteiger partial charge on any atom is -0.341 e. The number of nitrogens with zero attached hydrogens (tertiary/aromatic N) is 2. The number of benzene rings is 2. The molecule has 0 aromatic heterocycles. The number of hydrogen-bond acceptors (Lipinski definition) is 4. The molecule has 162 valence electrons. The zero-order valence-electron chi connectivity index (χ0n) is 16.2. The van der Waals surface area contributed by atoms with E-state index in [1.54, 1.807) is 25.1 Å². The molecular weight excluding hydrogens is 497 g/mol. The lowest BCUT2D eigenvalue weighted by Gasteiger charge is -2.26. The molecule has 0 spiro atoms. The van der Waals surface area contributed by atoms with Crippen molar-refractivity contribution >= 4 is 51.0 Å². The van der Waals surface area contributed by atoms with Crippen LogP contribution in [0.3, 0.4) is 0 Å². The summed E-state index contributed by atoms with van der Waals surface area (Å²) in [7, 11) is -7.47. The summed E-state index contributed by atoms with van der Waals surface area (Å²) in [5, 5.41) is 2.55. The largest absolute Gasteiger partial charge is 0.345 e. The highest BCUT2D eigenvalue weighted by atomic mass is 79.9. The van der Waals surface area contributed by atoms with Crippen LogP contribution < -0.4 is 14.5 Å². The molecule has 3 rings (SSSR count). The number of rotatable bonds is 5. The van der Waals surface area contributed by atoms with Crippen molar-refractivity contribution in [2.75, 3.05) is 29.1 Å². The van der Waals surface area contributed by atoms with Gasteiger partial charge in [0, 0.05) is 23.8 Å². The molecule has 2 amide bonds. The van der Waals surface area contributed by atoms with E-state index in [2.05, 4.69) is 21.2 Å². The minimum atomic E-state index is -4.72. The normalized spacial score (nSPS) is 13.8. The van der Waals surface area contributed by atoms with Crippen LogP contribution >= 0.6 is 23.5 Å². The van der Waals surface area contributed by atoms with Gasteiger partial charge in [-0.05, 0) is 60.9 Å². The summed E-state index contributed by atoms with van der Waals surface area (Å²) in [6.45, 7) is 2.15. The molecule has 12 heteroatoms. The first-order valence-corrected chi connectivity index (χ1v) is 12.9. The number of hydrogen-bond donors (Lipinski definition) is 3. The average molecular weight is 518 g/mol. The van der Waals surface area contributed by atoms with Crippen molar-refractivity contribution in [3.63, 3.8) is 0 Å². The first-order valence-electron chi connectivity index (χ1n) is 8.89. The molecule has 0 bridgehead atoms. The number of nitrogens with one attached hydrogen (secondary N) is 1. The molecule has 0 saturated heterocycles. The maximum Gasteiger partial charge on any atom is 0.345 e. The highest BCUT2D eigenvalue weighted by Gasteiger charge is 2.33. The highest BCUT2D eigenvalue weighted by molar-refractivity contribution is 9.10. The number of carbonyl (C=O) groups is 1. The second-order valence-electron chi connectivity index (χ2n) is 6.89. The number of sulfonamides is 1. The molecule has 0 fully saturated rings. The van der Waals surface area contributed by atoms with Crippen molar-refractivity contribution < 1.29 is 27.6 Å². The third kappa shape index (κ3) is 4.70. The molecule has 2 aromatic rings. The maximum absolute atomic E-state index is 13.3. The Labute approximate surface area is 183 Å². The molecule has 3 N–H and O–H groups in total. The average Bonchev–Trinajstić information content (AvgIpc) is 3.07. The van der Waals surface area contributed by atoms with Gasteiger partial charge in [-0.2, -0.15) is 0 Å². The Hall–Kier alpha value is -1.91. The van der Waals surface area contributed by atoms with E-state index >= 15 is 0 Å². The lowest BCUT2D eigenvalue weighted by molar-refractivity contribution is 0.248. The number of urea groups is 1. The van der Waals surface area contributed by atoms with Gasteiger partial charge in [-0.3, -0.25) is 13.8 Å². The quantitative estimate of drug-likeness (QED) is 0.523. The zero-order chi connectivity index (χ0) is 22.3. The van der Waals surface area contributed by atoms with Crippen LogP contribution in [-0.2, 0) is 21.0 Å². The Kier molecular flexibility index (Phi) is 6.31. The van der Waals surface area contributed by atoms with Crippen LogP contribution in [0.4, 0.5) is 16.2 Å². The Bertz CT molecular complexity index is 1130. The standard InChI is InChI=1S/C18H21BrN3O6PS/c1-12-7-14(19)10-16(8-12)30(27,28)22(11-29(24,25)26)15-3-4-17-13(9-15)5-6-21(17)18(23)20-2/h3-4,7-10H,5-6,11H2,1-2H3,(H,20,23)(H2,24,25,26). The van der Waals surface area contributed by atoms with Crippen molar-refractivity contribution in [1.82, 2.24) is 5.32 Å². The van der Waals surface area contributed by atoms with E-state index in [0.717, 1.165) is 4.31 Å². The van der Waals surface area contributed by atoms with E-state index in [4.69, 9.17) is 0 Å². The molecule has 1 aliphatic heterocycles. The molecule has 0 aliphatic carbocycles. The van der Waals surface area contributed by atoms with Crippen molar-refractivity contribution in [2.24, 2.45) is 0 Å². The summed E-state index contributed by atoms with van der Waals surface area (Å²) in [6.07, 6.45) is -0.505. The van der Waals surface area contributed by atoms with Gasteiger partial charge in [-0.25, -0.2) is 13.2 Å². The molecule has 9 nitrogen and oxygen atoms in total. The molecule has 0 atom stereocenters. The van der Waals surface area contributed by atoms with Crippen molar-refractivity contribution in [3.8, 4) is 0 Å². The SMILES string of the molecule is CNC(=O)N1CCc2cc(N(CP(=O)(O)O)S(=O)(=O)c3cc(C)cc(Br)c3)ccc21. The first-order chi connectivity index (χ1) is 13.9. The van der Waals surface area contributed by atoms with Gasteiger partial charge in [0.25, 0.3) is 10.0 Å². The maximum atomic E-state index is 13.3. The van der Waals surface area contributed by atoms with Crippen molar-refractivity contribution in [3.05, 3.63) is 52.0 Å². The van der Waals surface area contributed by atoms with Gasteiger partial charge in [-0.15, -0.1) is 0 Å². The van der Waals surface area contributed by atoms with Crippen LogP contribution in [0.2, 0.25) is 0 Å². The minimum absolute atomic E-state index is 0.0877. The van der Waals surface area contributed by atoms with Crippen LogP contribution in [0.5, 0.6) is 0 Å². The molecule has 1 heterocycles. The number of anilines is 2. The summed E-state index contributed by atoms with van der Waals surface area (Å²) in [5.41, 5.74) is 2.14. The number of fused-ring (bicyclic) bond motifs is 1. The fraction of sp³-hybridized carbons (Fsp3) is 0.278. The molecule has 2 aromatic carbocycles. The number of amides is 2. The third-order valence-electron chi connectivity index (χ3n) is 4.62. The van der Waals surface area contributed by atoms with Crippen LogP contribution in [0.15, 0.2) is 45.8 Å². The van der Waals surface area contributed by atoms with Crippen LogP contribution in [0.25, 0.3) is 0 Å². The lowest BCUT2D eigenvalue weighted by atomic mass is 10.1. The van der Waals surface area contributed by atoms with E-state index in [1.807, 2.05) is 0 Å². The van der Waals surface area contributed by atoms with Crippen molar-refractivity contribution in [2.45, 2.75) is 18.2 Å². The van der Waals surface area contributed by atoms with E-state index in [1.165, 1.54) is 30.1 Å². The number of carbonyl (C=O) groups excluding carboxylic acids is 1. The fourth-order valence-corrected chi connectivity index (χ4v) is 6.90. The topological polar surface area (TPSA) is 127 Å². The van der Waals surface area contributed by atoms with Gasteiger partial charge in [0.2, 0.25) is 0 Å². The van der Waals surface area contributed by atoms with E-state index in [-0.39, 0.29) is 16.6 Å². The third-order valence-corrected chi connectivity index (χ3v) is 7.67. The van der Waals surface area contributed by atoms with Gasteiger partial charge >= 0.3 is 13.6 Å². The van der Waals surface area contributed by atoms with Crippen LogP contribution in [0, 0.1) is 6.92 Å². The molecule has 0 radical (unpaired) electrons.